The summed E-state index contributed by atoms with van der Waals surface area (Å²) in [5.41, 5.74) is 2.51. The predicted molar refractivity (Wildman–Crippen MR) is 83.6 cm³/mol. The van der Waals surface area contributed by atoms with Crippen molar-refractivity contribution in [1.29, 1.82) is 0 Å². The minimum absolute atomic E-state index is 0.568. The van der Waals surface area contributed by atoms with E-state index in [0.29, 0.717) is 11.9 Å². The summed E-state index contributed by atoms with van der Waals surface area (Å²) in [6.45, 7) is 3.48. The van der Waals surface area contributed by atoms with E-state index in [1.807, 2.05) is 0 Å². The van der Waals surface area contributed by atoms with E-state index in [1.165, 1.54) is 49.9 Å². The molecule has 0 bridgehead atoms. The molecule has 1 heterocycles. The lowest BCUT2D eigenvalue weighted by atomic mass is 10.1. The molecule has 1 saturated heterocycles. The Morgan fingerprint density at radius 3 is 2.83 bits per heavy atom. The molecule has 100 valence electrons. The lowest BCUT2D eigenvalue weighted by molar-refractivity contribution is 0.556. The van der Waals surface area contributed by atoms with Crippen LogP contribution in [-0.4, -0.2) is 12.6 Å². The summed E-state index contributed by atoms with van der Waals surface area (Å²) in [4.78, 5) is 2.58. The van der Waals surface area contributed by atoms with Crippen LogP contribution >= 0.6 is 27.5 Å². The molecule has 0 amide bonds. The van der Waals surface area contributed by atoms with Crippen LogP contribution in [-0.2, 0) is 5.88 Å². The van der Waals surface area contributed by atoms with E-state index >= 15 is 0 Å². The highest BCUT2D eigenvalue weighted by molar-refractivity contribution is 9.10. The Balaban J connectivity index is 2.24. The van der Waals surface area contributed by atoms with Gasteiger partial charge in [0.05, 0.1) is 0 Å². The van der Waals surface area contributed by atoms with Crippen molar-refractivity contribution in [3.05, 3.63) is 28.2 Å². The van der Waals surface area contributed by atoms with Crippen molar-refractivity contribution in [3.63, 3.8) is 0 Å². The Labute approximate surface area is 124 Å². The van der Waals surface area contributed by atoms with Gasteiger partial charge in [-0.2, -0.15) is 0 Å². The quantitative estimate of drug-likeness (QED) is 0.675. The number of hydrogen-bond donors (Lipinski definition) is 0. The van der Waals surface area contributed by atoms with Crippen LogP contribution in [0.3, 0.4) is 0 Å². The molecule has 0 aliphatic carbocycles. The largest absolute Gasteiger partial charge is 0.369 e. The van der Waals surface area contributed by atoms with Crippen molar-refractivity contribution in [3.8, 4) is 0 Å². The lowest BCUT2D eigenvalue weighted by Crippen LogP contribution is -2.34. The van der Waals surface area contributed by atoms with Gasteiger partial charge in [0.1, 0.15) is 0 Å². The molecule has 1 fully saturated rings. The van der Waals surface area contributed by atoms with E-state index in [-0.39, 0.29) is 0 Å². The molecule has 0 radical (unpaired) electrons. The van der Waals surface area contributed by atoms with Crippen LogP contribution in [0, 0.1) is 0 Å². The molecule has 18 heavy (non-hydrogen) atoms. The number of hydrogen-bond acceptors (Lipinski definition) is 1. The van der Waals surface area contributed by atoms with E-state index < -0.39 is 0 Å². The molecular formula is C15H21BrClN. The van der Waals surface area contributed by atoms with Crippen molar-refractivity contribution in [1.82, 2.24) is 0 Å². The van der Waals surface area contributed by atoms with Crippen LogP contribution in [0.25, 0.3) is 0 Å². The number of benzene rings is 1. The van der Waals surface area contributed by atoms with E-state index in [4.69, 9.17) is 11.6 Å². The number of alkyl halides is 1. The first-order valence-corrected chi connectivity index (χ1v) is 8.20. The summed E-state index contributed by atoms with van der Waals surface area (Å²) < 4.78 is 1.13. The van der Waals surface area contributed by atoms with Gasteiger partial charge in [-0.05, 0) is 37.0 Å². The maximum Gasteiger partial charge on any atom is 0.0485 e. The fourth-order valence-corrected chi connectivity index (χ4v) is 3.67. The molecule has 1 aliphatic rings. The van der Waals surface area contributed by atoms with Gasteiger partial charge in [0.15, 0.2) is 0 Å². The molecule has 1 unspecified atom stereocenters. The van der Waals surface area contributed by atoms with Gasteiger partial charge in [0.25, 0.3) is 0 Å². The van der Waals surface area contributed by atoms with Gasteiger partial charge in [-0.1, -0.05) is 41.8 Å². The van der Waals surface area contributed by atoms with Crippen LogP contribution in [0.2, 0.25) is 0 Å². The summed E-state index contributed by atoms with van der Waals surface area (Å²) in [5, 5.41) is 0. The van der Waals surface area contributed by atoms with Gasteiger partial charge >= 0.3 is 0 Å². The molecule has 1 atom stereocenters. The molecule has 1 nitrogen and oxygen atoms in total. The molecule has 0 spiro atoms. The first kappa shape index (κ1) is 14.2. The van der Waals surface area contributed by atoms with E-state index in [2.05, 4.69) is 46.0 Å². The topological polar surface area (TPSA) is 3.24 Å². The molecule has 3 heteroatoms. The molecular weight excluding hydrogens is 310 g/mol. The van der Waals surface area contributed by atoms with Crippen LogP contribution in [0.5, 0.6) is 0 Å². The molecule has 2 rings (SSSR count). The Hall–Kier alpha value is -0.210. The van der Waals surface area contributed by atoms with Crippen LogP contribution in [0.15, 0.2) is 22.7 Å². The third kappa shape index (κ3) is 3.21. The third-order valence-corrected chi connectivity index (χ3v) is 4.89. The maximum atomic E-state index is 5.91. The number of anilines is 1. The highest BCUT2D eigenvalue weighted by Gasteiger charge is 2.20. The minimum Gasteiger partial charge on any atom is -0.369 e. The average Bonchev–Trinajstić information content (AvgIpc) is 2.63. The van der Waals surface area contributed by atoms with E-state index in [1.54, 1.807) is 0 Å². The molecule has 1 aromatic rings. The zero-order valence-electron chi connectivity index (χ0n) is 11.0. The molecule has 1 aliphatic heterocycles. The van der Waals surface area contributed by atoms with Crippen molar-refractivity contribution < 1.29 is 0 Å². The summed E-state index contributed by atoms with van der Waals surface area (Å²) in [6.07, 6.45) is 6.61. The average molecular weight is 331 g/mol. The fourth-order valence-electron chi connectivity index (χ4n) is 2.76. The van der Waals surface area contributed by atoms with Crippen LogP contribution < -0.4 is 4.90 Å². The van der Waals surface area contributed by atoms with Crippen molar-refractivity contribution in [2.45, 2.75) is 50.9 Å². The van der Waals surface area contributed by atoms with Crippen LogP contribution in [0.4, 0.5) is 5.69 Å². The highest BCUT2D eigenvalue weighted by Crippen LogP contribution is 2.30. The normalized spacial score (nSPS) is 20.8. The van der Waals surface area contributed by atoms with Gasteiger partial charge in [-0.25, -0.2) is 0 Å². The lowest BCUT2D eigenvalue weighted by Gasteiger charge is -2.31. The standard InChI is InChI=1S/C15H21BrClN/c1-2-13-6-4-3-5-9-18(13)14-8-7-12(11-17)15(16)10-14/h7-8,10,13H,2-6,9,11H2,1H3. The number of nitrogens with zero attached hydrogens (tertiary/aromatic N) is 1. The maximum absolute atomic E-state index is 5.91. The first-order valence-electron chi connectivity index (χ1n) is 6.87. The first-order chi connectivity index (χ1) is 8.76. The zero-order valence-corrected chi connectivity index (χ0v) is 13.3. The van der Waals surface area contributed by atoms with E-state index in [0.717, 1.165) is 4.47 Å². The zero-order chi connectivity index (χ0) is 13.0. The minimum atomic E-state index is 0.568. The summed E-state index contributed by atoms with van der Waals surface area (Å²) in [5.74, 6) is 0.568. The van der Waals surface area contributed by atoms with Crippen molar-refractivity contribution >= 4 is 33.2 Å². The Morgan fingerprint density at radius 2 is 2.17 bits per heavy atom. The number of rotatable bonds is 3. The van der Waals surface area contributed by atoms with Crippen molar-refractivity contribution in [2.24, 2.45) is 0 Å². The Bertz CT molecular complexity index is 394. The Morgan fingerprint density at radius 1 is 1.33 bits per heavy atom. The van der Waals surface area contributed by atoms with Crippen LogP contribution in [0.1, 0.15) is 44.6 Å². The van der Waals surface area contributed by atoms with E-state index in [9.17, 15) is 0 Å². The smallest absolute Gasteiger partial charge is 0.0485 e. The molecule has 0 N–H and O–H groups in total. The molecule has 0 saturated carbocycles. The molecule has 1 aromatic carbocycles. The fraction of sp³-hybridized carbons (Fsp3) is 0.600. The predicted octanol–water partition coefficient (Wildman–Crippen LogP) is 5.35. The third-order valence-electron chi connectivity index (χ3n) is 3.86. The van der Waals surface area contributed by atoms with Gasteiger partial charge in [0.2, 0.25) is 0 Å². The summed E-state index contributed by atoms with van der Waals surface area (Å²) >= 11 is 9.53. The van der Waals surface area contributed by atoms with Gasteiger partial charge in [-0.3, -0.25) is 0 Å². The monoisotopic (exact) mass is 329 g/mol. The van der Waals surface area contributed by atoms with Crippen molar-refractivity contribution in [2.75, 3.05) is 11.4 Å². The highest BCUT2D eigenvalue weighted by atomic mass is 79.9. The Kier molecular flexibility index (Phi) is 5.38. The van der Waals surface area contributed by atoms with Gasteiger partial charge in [0, 0.05) is 28.6 Å². The van der Waals surface area contributed by atoms with Gasteiger partial charge < -0.3 is 4.90 Å². The molecule has 0 aromatic heterocycles. The summed E-state index contributed by atoms with van der Waals surface area (Å²) in [7, 11) is 0. The SMILES string of the molecule is CCC1CCCCCN1c1ccc(CCl)c(Br)c1. The number of halogens is 2. The van der Waals surface area contributed by atoms with Gasteiger partial charge in [-0.15, -0.1) is 11.6 Å². The second-order valence-corrected chi connectivity index (χ2v) is 6.14. The second kappa shape index (κ2) is 6.81. The second-order valence-electron chi connectivity index (χ2n) is 5.01. The summed E-state index contributed by atoms with van der Waals surface area (Å²) in [6, 6.07) is 7.29.